The number of halogens is 1. The number of pyridine rings is 1. The Morgan fingerprint density at radius 3 is 2.22 bits per heavy atom. The maximum absolute atomic E-state index is 13.0. The number of hydrogen-bond acceptors (Lipinski definition) is 6. The molecule has 3 rings (SSSR count). The minimum atomic E-state index is -1.29. The van der Waals surface area contributed by atoms with E-state index in [-0.39, 0.29) is 11.4 Å². The molecule has 5 N–H and O–H groups in total. The fourth-order valence-corrected chi connectivity index (χ4v) is 2.98. The number of benzene rings is 2. The van der Waals surface area contributed by atoms with E-state index in [2.05, 4.69) is 15.6 Å². The second kappa shape index (κ2) is 10.5. The van der Waals surface area contributed by atoms with Crippen LogP contribution in [0, 0.1) is 5.82 Å². The predicted octanol–water partition coefficient (Wildman–Crippen LogP) is 2.48. The van der Waals surface area contributed by atoms with Gasteiger partial charge in [0.15, 0.2) is 0 Å². The summed E-state index contributed by atoms with van der Waals surface area (Å²) in [5, 5.41) is 23.9. The Morgan fingerprint density at radius 1 is 1.00 bits per heavy atom. The van der Waals surface area contributed by atoms with Gasteiger partial charge in [0.1, 0.15) is 17.7 Å². The van der Waals surface area contributed by atoms with Crippen molar-refractivity contribution in [2.75, 3.05) is 5.32 Å². The number of rotatable bonds is 8. The molecule has 0 radical (unpaired) electrons. The van der Waals surface area contributed by atoms with Crippen LogP contribution in [0.1, 0.15) is 22.8 Å². The molecule has 2 aromatic carbocycles. The Hall–Kier alpha value is -3.82. The number of carbonyl (C=O) groups is 2. The van der Waals surface area contributed by atoms with Crippen molar-refractivity contribution in [3.05, 3.63) is 83.8 Å². The lowest BCUT2D eigenvalue weighted by Gasteiger charge is -2.19. The van der Waals surface area contributed by atoms with E-state index in [0.717, 1.165) is 16.7 Å². The Labute approximate surface area is 184 Å². The first-order chi connectivity index (χ1) is 15.4. The highest BCUT2D eigenvalue weighted by atomic mass is 19.1. The maximum Gasteiger partial charge on any atom is 0.268 e. The monoisotopic (exact) mass is 438 g/mol. The fraction of sp³-hybridized carbons (Fsp3) is 0.174. The minimum absolute atomic E-state index is 0.279. The van der Waals surface area contributed by atoms with E-state index < -0.39 is 24.0 Å². The van der Waals surface area contributed by atoms with Crippen molar-refractivity contribution in [2.24, 2.45) is 0 Å². The number of aliphatic hydroxyl groups excluding tert-OH is 1. The smallest absolute Gasteiger partial charge is 0.268 e. The number of aliphatic hydroxyl groups is 1. The molecular weight excluding hydrogens is 415 g/mol. The topological polar surface area (TPSA) is 124 Å². The summed E-state index contributed by atoms with van der Waals surface area (Å²) in [7, 11) is 0. The van der Waals surface area contributed by atoms with Crippen LogP contribution in [0.15, 0.2) is 66.9 Å². The van der Waals surface area contributed by atoms with Crippen molar-refractivity contribution in [1.82, 2.24) is 15.8 Å². The quantitative estimate of drug-likeness (QED) is 0.272. The van der Waals surface area contributed by atoms with Crippen molar-refractivity contribution in [1.29, 1.82) is 0 Å². The molecule has 3 aromatic rings. The zero-order valence-corrected chi connectivity index (χ0v) is 17.2. The van der Waals surface area contributed by atoms with Crippen LogP contribution >= 0.6 is 0 Å². The van der Waals surface area contributed by atoms with E-state index in [1.165, 1.54) is 24.5 Å². The molecule has 0 bridgehead atoms. The number of carbonyl (C=O) groups excluding carboxylic acids is 2. The lowest BCUT2D eigenvalue weighted by Crippen LogP contribution is -2.51. The highest BCUT2D eigenvalue weighted by Gasteiger charge is 2.25. The summed E-state index contributed by atoms with van der Waals surface area (Å²) in [6, 6.07) is 15.3. The Morgan fingerprint density at radius 2 is 1.66 bits per heavy atom. The summed E-state index contributed by atoms with van der Waals surface area (Å²) < 4.78 is 13.0. The van der Waals surface area contributed by atoms with Crippen LogP contribution < -0.4 is 16.1 Å². The van der Waals surface area contributed by atoms with Crippen LogP contribution in [-0.4, -0.2) is 39.3 Å². The van der Waals surface area contributed by atoms with Crippen molar-refractivity contribution < 1.29 is 24.3 Å². The van der Waals surface area contributed by atoms with E-state index in [1.54, 1.807) is 42.6 Å². The highest BCUT2D eigenvalue weighted by Crippen LogP contribution is 2.20. The van der Waals surface area contributed by atoms with Gasteiger partial charge in [-0.25, -0.2) is 14.9 Å². The van der Waals surface area contributed by atoms with Crippen LogP contribution in [0.3, 0.4) is 0 Å². The van der Waals surface area contributed by atoms with Crippen LogP contribution in [0.4, 0.5) is 10.2 Å². The Kier molecular flexibility index (Phi) is 7.48. The third-order valence-electron chi connectivity index (χ3n) is 4.79. The van der Waals surface area contributed by atoms with Crippen LogP contribution in [-0.2, 0) is 11.3 Å². The third kappa shape index (κ3) is 5.87. The molecule has 1 aromatic heterocycles. The standard InChI is InChI=1S/C23H23FN4O4/c1-14(29)21(23(31)28-32)27-22(30)17-6-4-16(5-7-17)18-8-11-20(26-13-18)25-12-15-2-9-19(24)10-3-15/h2-11,13-14,21,29,32H,12H2,1H3,(H,25,26)(H,27,30)(H,28,31)/t14-,21+/m1/s1. The number of nitrogens with zero attached hydrogens (tertiary/aromatic N) is 1. The average Bonchev–Trinajstić information content (AvgIpc) is 2.82. The molecule has 2 amide bonds. The summed E-state index contributed by atoms with van der Waals surface area (Å²) in [6.07, 6.45) is 0.503. The Bertz CT molecular complexity index is 1050. The first-order valence-corrected chi connectivity index (χ1v) is 9.85. The van der Waals surface area contributed by atoms with Gasteiger partial charge < -0.3 is 15.7 Å². The van der Waals surface area contributed by atoms with Crippen molar-refractivity contribution in [2.45, 2.75) is 25.6 Å². The highest BCUT2D eigenvalue weighted by molar-refractivity contribution is 5.97. The van der Waals surface area contributed by atoms with Gasteiger partial charge in [-0.05, 0) is 54.4 Å². The van der Waals surface area contributed by atoms with Gasteiger partial charge in [-0.2, -0.15) is 0 Å². The number of anilines is 1. The second-order valence-electron chi connectivity index (χ2n) is 7.16. The SMILES string of the molecule is C[C@@H](O)[C@H](NC(=O)c1ccc(-c2ccc(NCc3ccc(F)cc3)nc2)cc1)C(=O)NO. The zero-order valence-electron chi connectivity index (χ0n) is 17.2. The van der Waals surface area contributed by atoms with Gasteiger partial charge in [0.2, 0.25) is 0 Å². The molecule has 1 heterocycles. The normalized spacial score (nSPS) is 12.5. The van der Waals surface area contributed by atoms with Gasteiger partial charge in [-0.1, -0.05) is 24.3 Å². The van der Waals surface area contributed by atoms with Crippen molar-refractivity contribution >= 4 is 17.6 Å². The van der Waals surface area contributed by atoms with E-state index in [9.17, 15) is 19.1 Å². The molecule has 9 heteroatoms. The number of nitrogens with one attached hydrogen (secondary N) is 3. The molecule has 0 aliphatic heterocycles. The number of hydroxylamine groups is 1. The van der Waals surface area contributed by atoms with Gasteiger partial charge in [-0.3, -0.25) is 14.8 Å². The summed E-state index contributed by atoms with van der Waals surface area (Å²) in [5.41, 5.74) is 4.31. The number of amides is 2. The van der Waals surface area contributed by atoms with Gasteiger partial charge in [0.25, 0.3) is 11.8 Å². The summed E-state index contributed by atoms with van der Waals surface area (Å²) in [4.78, 5) is 28.3. The molecule has 166 valence electrons. The van der Waals surface area contributed by atoms with E-state index >= 15 is 0 Å². The van der Waals surface area contributed by atoms with Gasteiger partial charge in [0, 0.05) is 23.9 Å². The van der Waals surface area contributed by atoms with E-state index in [1.807, 2.05) is 12.1 Å². The lowest BCUT2D eigenvalue weighted by atomic mass is 10.0. The molecule has 8 nitrogen and oxygen atoms in total. The number of aromatic nitrogens is 1. The van der Waals surface area contributed by atoms with Crippen LogP contribution in [0.25, 0.3) is 11.1 Å². The van der Waals surface area contributed by atoms with E-state index in [0.29, 0.717) is 12.4 Å². The maximum atomic E-state index is 13.0. The van der Waals surface area contributed by atoms with Crippen molar-refractivity contribution in [3.63, 3.8) is 0 Å². The molecule has 0 fully saturated rings. The van der Waals surface area contributed by atoms with Crippen LogP contribution in [0.5, 0.6) is 0 Å². The Balaban J connectivity index is 1.62. The fourth-order valence-electron chi connectivity index (χ4n) is 2.98. The lowest BCUT2D eigenvalue weighted by molar-refractivity contribution is -0.133. The van der Waals surface area contributed by atoms with Gasteiger partial charge in [-0.15, -0.1) is 0 Å². The third-order valence-corrected chi connectivity index (χ3v) is 4.79. The number of hydrogen-bond donors (Lipinski definition) is 5. The summed E-state index contributed by atoms with van der Waals surface area (Å²) >= 11 is 0. The summed E-state index contributed by atoms with van der Waals surface area (Å²) in [6.45, 7) is 1.84. The van der Waals surface area contributed by atoms with Crippen LogP contribution in [0.2, 0.25) is 0 Å². The first kappa shape index (κ1) is 22.9. The molecule has 32 heavy (non-hydrogen) atoms. The molecule has 0 saturated carbocycles. The first-order valence-electron chi connectivity index (χ1n) is 9.85. The van der Waals surface area contributed by atoms with Gasteiger partial charge >= 0.3 is 0 Å². The van der Waals surface area contributed by atoms with Gasteiger partial charge in [0.05, 0.1) is 6.10 Å². The molecule has 0 spiro atoms. The second-order valence-corrected chi connectivity index (χ2v) is 7.16. The largest absolute Gasteiger partial charge is 0.391 e. The molecule has 0 unspecified atom stereocenters. The minimum Gasteiger partial charge on any atom is -0.391 e. The zero-order chi connectivity index (χ0) is 23.1. The average molecular weight is 438 g/mol. The van der Waals surface area contributed by atoms with E-state index in [4.69, 9.17) is 5.21 Å². The molecule has 0 aliphatic rings. The van der Waals surface area contributed by atoms with Crippen molar-refractivity contribution in [3.8, 4) is 11.1 Å². The predicted molar refractivity (Wildman–Crippen MR) is 116 cm³/mol. The summed E-state index contributed by atoms with van der Waals surface area (Å²) in [5.74, 6) is -1.09. The molecule has 0 aliphatic carbocycles. The molecular formula is C23H23FN4O4. The molecule has 0 saturated heterocycles. The molecule has 2 atom stereocenters.